The van der Waals surface area contributed by atoms with E-state index in [1.165, 1.54) is 11.1 Å². The maximum absolute atomic E-state index is 6.14. The van der Waals surface area contributed by atoms with E-state index in [9.17, 15) is 0 Å². The standard InChI is InChI=1S/C15H15ClO/c1-11(12-6-4-3-5-7-12)13-8-9-15(17-2)14(16)10-13/h3-11H,1-2H3. The zero-order valence-corrected chi connectivity index (χ0v) is 10.7. The van der Waals surface area contributed by atoms with Crippen LogP contribution in [0.15, 0.2) is 48.5 Å². The van der Waals surface area contributed by atoms with Gasteiger partial charge in [0.2, 0.25) is 0 Å². The fraction of sp³-hybridized carbons (Fsp3) is 0.200. The van der Waals surface area contributed by atoms with Gasteiger partial charge in [-0.1, -0.05) is 54.9 Å². The zero-order valence-electron chi connectivity index (χ0n) is 9.98. The summed E-state index contributed by atoms with van der Waals surface area (Å²) < 4.78 is 5.15. The Morgan fingerprint density at radius 1 is 1.00 bits per heavy atom. The van der Waals surface area contributed by atoms with Crippen molar-refractivity contribution in [3.63, 3.8) is 0 Å². The van der Waals surface area contributed by atoms with E-state index >= 15 is 0 Å². The van der Waals surface area contributed by atoms with Crippen LogP contribution in [0.5, 0.6) is 5.75 Å². The lowest BCUT2D eigenvalue weighted by atomic mass is 9.93. The first kappa shape index (κ1) is 12.0. The van der Waals surface area contributed by atoms with E-state index in [2.05, 4.69) is 37.3 Å². The molecule has 2 aromatic carbocycles. The van der Waals surface area contributed by atoms with E-state index in [1.807, 2.05) is 18.2 Å². The Labute approximate surface area is 107 Å². The van der Waals surface area contributed by atoms with Crippen molar-refractivity contribution < 1.29 is 4.74 Å². The molecule has 1 atom stereocenters. The van der Waals surface area contributed by atoms with Crippen molar-refractivity contribution in [2.75, 3.05) is 7.11 Å². The molecule has 1 nitrogen and oxygen atoms in total. The summed E-state index contributed by atoms with van der Waals surface area (Å²) in [4.78, 5) is 0. The topological polar surface area (TPSA) is 9.23 Å². The van der Waals surface area contributed by atoms with E-state index in [1.54, 1.807) is 7.11 Å². The van der Waals surface area contributed by atoms with Crippen molar-refractivity contribution in [3.05, 3.63) is 64.7 Å². The quantitative estimate of drug-likeness (QED) is 0.775. The highest BCUT2D eigenvalue weighted by Gasteiger charge is 2.10. The normalized spacial score (nSPS) is 12.2. The summed E-state index contributed by atoms with van der Waals surface area (Å²) >= 11 is 6.14. The number of hydrogen-bond donors (Lipinski definition) is 0. The van der Waals surface area contributed by atoms with Gasteiger partial charge in [-0.15, -0.1) is 0 Å². The predicted octanol–water partition coefficient (Wildman–Crippen LogP) is 4.50. The molecule has 2 aromatic rings. The first-order valence-corrected chi connectivity index (χ1v) is 5.98. The molecule has 1 unspecified atom stereocenters. The molecule has 0 heterocycles. The molecule has 2 heteroatoms. The summed E-state index contributed by atoms with van der Waals surface area (Å²) in [6.07, 6.45) is 0. The summed E-state index contributed by atoms with van der Waals surface area (Å²) in [6.45, 7) is 2.17. The monoisotopic (exact) mass is 246 g/mol. The molecule has 0 fully saturated rings. The largest absolute Gasteiger partial charge is 0.495 e. The van der Waals surface area contributed by atoms with Gasteiger partial charge >= 0.3 is 0 Å². The van der Waals surface area contributed by atoms with Crippen LogP contribution < -0.4 is 4.74 Å². The molecule has 0 aliphatic carbocycles. The van der Waals surface area contributed by atoms with Crippen LogP contribution in [0.25, 0.3) is 0 Å². The maximum Gasteiger partial charge on any atom is 0.137 e. The second kappa shape index (κ2) is 5.24. The molecule has 0 radical (unpaired) electrons. The number of ether oxygens (including phenoxy) is 1. The molecule has 0 aromatic heterocycles. The highest BCUT2D eigenvalue weighted by Crippen LogP contribution is 2.31. The van der Waals surface area contributed by atoms with Gasteiger partial charge in [-0.05, 0) is 23.3 Å². The van der Waals surface area contributed by atoms with E-state index in [4.69, 9.17) is 16.3 Å². The summed E-state index contributed by atoms with van der Waals surface area (Å²) in [7, 11) is 1.63. The van der Waals surface area contributed by atoms with E-state index in [-0.39, 0.29) is 0 Å². The van der Waals surface area contributed by atoms with Gasteiger partial charge in [0.25, 0.3) is 0 Å². The van der Waals surface area contributed by atoms with Crippen molar-refractivity contribution >= 4 is 11.6 Å². The molecular formula is C15H15ClO. The van der Waals surface area contributed by atoms with Gasteiger partial charge in [-0.2, -0.15) is 0 Å². The molecule has 0 aliphatic rings. The van der Waals surface area contributed by atoms with E-state index in [0.29, 0.717) is 10.9 Å². The van der Waals surface area contributed by atoms with Gasteiger partial charge in [0, 0.05) is 5.92 Å². The molecule has 0 bridgehead atoms. The number of halogens is 1. The third-order valence-corrected chi connectivity index (χ3v) is 3.27. The minimum Gasteiger partial charge on any atom is -0.495 e. The maximum atomic E-state index is 6.14. The molecule has 0 aliphatic heterocycles. The van der Waals surface area contributed by atoms with Crippen LogP contribution in [0.2, 0.25) is 5.02 Å². The Balaban J connectivity index is 2.32. The molecular weight excluding hydrogens is 232 g/mol. The molecule has 17 heavy (non-hydrogen) atoms. The number of benzene rings is 2. The van der Waals surface area contributed by atoms with Gasteiger partial charge in [0.1, 0.15) is 5.75 Å². The smallest absolute Gasteiger partial charge is 0.137 e. The fourth-order valence-corrected chi connectivity index (χ4v) is 2.15. The average Bonchev–Trinajstić information content (AvgIpc) is 2.39. The van der Waals surface area contributed by atoms with Gasteiger partial charge in [-0.3, -0.25) is 0 Å². The minimum absolute atomic E-state index is 0.333. The third kappa shape index (κ3) is 2.62. The van der Waals surface area contributed by atoms with Crippen LogP contribution in [0.1, 0.15) is 24.0 Å². The van der Waals surface area contributed by atoms with Gasteiger partial charge < -0.3 is 4.74 Å². The Kier molecular flexibility index (Phi) is 3.70. The number of rotatable bonds is 3. The first-order chi connectivity index (χ1) is 8.22. The lowest BCUT2D eigenvalue weighted by molar-refractivity contribution is 0.415. The van der Waals surface area contributed by atoms with Gasteiger partial charge in [0.05, 0.1) is 12.1 Å². The summed E-state index contributed by atoms with van der Waals surface area (Å²) in [5.41, 5.74) is 2.48. The van der Waals surface area contributed by atoms with Crippen molar-refractivity contribution in [1.29, 1.82) is 0 Å². The van der Waals surface area contributed by atoms with E-state index in [0.717, 1.165) is 5.75 Å². The lowest BCUT2D eigenvalue weighted by Crippen LogP contribution is -1.96. The molecule has 88 valence electrons. The van der Waals surface area contributed by atoms with Crippen LogP contribution in [-0.2, 0) is 0 Å². The number of hydrogen-bond acceptors (Lipinski definition) is 1. The van der Waals surface area contributed by atoms with Crippen LogP contribution in [0.3, 0.4) is 0 Å². The molecule has 2 rings (SSSR count). The van der Waals surface area contributed by atoms with Crippen molar-refractivity contribution in [3.8, 4) is 5.75 Å². The van der Waals surface area contributed by atoms with Crippen molar-refractivity contribution in [2.24, 2.45) is 0 Å². The third-order valence-electron chi connectivity index (χ3n) is 2.98. The highest BCUT2D eigenvalue weighted by molar-refractivity contribution is 6.32. The molecule has 0 spiro atoms. The molecule has 0 saturated carbocycles. The summed E-state index contributed by atoms with van der Waals surface area (Å²) in [5.74, 6) is 1.05. The van der Waals surface area contributed by atoms with Crippen LogP contribution in [0, 0.1) is 0 Å². The zero-order chi connectivity index (χ0) is 12.3. The first-order valence-electron chi connectivity index (χ1n) is 5.60. The van der Waals surface area contributed by atoms with E-state index < -0.39 is 0 Å². The average molecular weight is 247 g/mol. The summed E-state index contributed by atoms with van der Waals surface area (Å²) in [5, 5.41) is 0.660. The van der Waals surface area contributed by atoms with Gasteiger partial charge in [0.15, 0.2) is 0 Å². The van der Waals surface area contributed by atoms with Crippen molar-refractivity contribution in [1.82, 2.24) is 0 Å². The Morgan fingerprint density at radius 2 is 1.71 bits per heavy atom. The molecule has 0 amide bonds. The highest BCUT2D eigenvalue weighted by atomic mass is 35.5. The number of methoxy groups -OCH3 is 1. The Bertz CT molecular complexity index is 494. The molecule has 0 N–H and O–H groups in total. The van der Waals surface area contributed by atoms with Crippen LogP contribution in [0.4, 0.5) is 0 Å². The second-order valence-electron chi connectivity index (χ2n) is 4.03. The minimum atomic E-state index is 0.333. The van der Waals surface area contributed by atoms with Gasteiger partial charge in [-0.25, -0.2) is 0 Å². The Hall–Kier alpha value is -1.47. The van der Waals surface area contributed by atoms with Crippen LogP contribution in [-0.4, -0.2) is 7.11 Å². The predicted molar refractivity (Wildman–Crippen MR) is 72.0 cm³/mol. The SMILES string of the molecule is COc1ccc(C(C)c2ccccc2)cc1Cl. The fourth-order valence-electron chi connectivity index (χ4n) is 1.89. The summed E-state index contributed by atoms with van der Waals surface area (Å²) in [6, 6.07) is 16.3. The van der Waals surface area contributed by atoms with Crippen molar-refractivity contribution in [2.45, 2.75) is 12.8 Å². The Morgan fingerprint density at radius 3 is 2.29 bits per heavy atom. The lowest BCUT2D eigenvalue weighted by Gasteiger charge is -2.13. The molecule has 0 saturated heterocycles. The van der Waals surface area contributed by atoms with Crippen LogP contribution >= 0.6 is 11.6 Å². The second-order valence-corrected chi connectivity index (χ2v) is 4.43.